The van der Waals surface area contributed by atoms with Gasteiger partial charge in [-0.1, -0.05) is 26.3 Å². The number of hydrogen-bond donors (Lipinski definition) is 2. The Hall–Kier alpha value is -3.69. The first kappa shape index (κ1) is 32.9. The fourth-order valence-corrected chi connectivity index (χ4v) is 0.759. The molecule has 0 fully saturated rings. The second kappa shape index (κ2) is 22.4. The maximum absolute atomic E-state index is 10.5. The number of amides is 1. The number of carboxylic acid groups (broad SMARTS) is 1. The normalized spacial score (nSPS) is 7.62. The van der Waals surface area contributed by atoms with E-state index in [1.54, 1.807) is 14.0 Å². The van der Waals surface area contributed by atoms with Crippen LogP contribution in [0.15, 0.2) is 49.6 Å². The van der Waals surface area contributed by atoms with Gasteiger partial charge in [0.15, 0.2) is 0 Å². The van der Waals surface area contributed by atoms with Gasteiger partial charge in [0.05, 0.1) is 27.8 Å². The second-order valence-electron chi connectivity index (χ2n) is 4.48. The molecule has 0 aromatic carbocycles. The number of ether oxygens (including phenoxy) is 3. The number of likely N-dealkylation sites (N-methyl/N-ethyl adjacent to an activating group) is 1. The van der Waals surface area contributed by atoms with Crippen LogP contribution in [0.1, 0.15) is 13.3 Å². The lowest BCUT2D eigenvalue weighted by Crippen LogP contribution is -2.13. The summed E-state index contributed by atoms with van der Waals surface area (Å²) in [5.74, 6) is -2.65. The second-order valence-corrected chi connectivity index (χ2v) is 4.48. The van der Waals surface area contributed by atoms with E-state index in [-0.39, 0.29) is 23.9 Å². The van der Waals surface area contributed by atoms with Crippen LogP contribution in [0.2, 0.25) is 0 Å². The van der Waals surface area contributed by atoms with Crippen molar-refractivity contribution in [2.24, 2.45) is 0 Å². The van der Waals surface area contributed by atoms with Gasteiger partial charge in [0, 0.05) is 24.3 Å². The number of methoxy groups -OCH3 is 3. The van der Waals surface area contributed by atoms with E-state index in [0.29, 0.717) is 5.57 Å². The van der Waals surface area contributed by atoms with Crippen LogP contribution in [0.5, 0.6) is 0 Å². The van der Waals surface area contributed by atoms with Crippen LogP contribution >= 0.6 is 0 Å². The van der Waals surface area contributed by atoms with Crippen molar-refractivity contribution in [3.63, 3.8) is 0 Å². The van der Waals surface area contributed by atoms with Crippen molar-refractivity contribution in [3.8, 4) is 0 Å². The highest BCUT2D eigenvalue weighted by Crippen LogP contribution is 1.98. The Labute approximate surface area is 170 Å². The van der Waals surface area contributed by atoms with Gasteiger partial charge in [-0.25, -0.2) is 14.4 Å². The van der Waals surface area contributed by atoms with Gasteiger partial charge in [0.2, 0.25) is 5.91 Å². The molecule has 0 aromatic rings. The van der Waals surface area contributed by atoms with Gasteiger partial charge in [-0.05, 0) is 13.0 Å². The van der Waals surface area contributed by atoms with Crippen LogP contribution < -0.4 is 5.32 Å². The Kier molecular flexibility index (Phi) is 25.4. The number of nitrogens with one attached hydrogen (secondary N) is 1. The first-order valence-electron chi connectivity index (χ1n) is 7.64. The zero-order valence-electron chi connectivity index (χ0n) is 17.4. The molecule has 10 heteroatoms. The predicted octanol–water partition coefficient (Wildman–Crippen LogP) is 1.19. The van der Waals surface area contributed by atoms with Gasteiger partial charge in [0.1, 0.15) is 0 Å². The topological polar surface area (TPSA) is 145 Å². The van der Waals surface area contributed by atoms with E-state index >= 15 is 0 Å². The molecule has 0 bridgehead atoms. The van der Waals surface area contributed by atoms with Crippen molar-refractivity contribution in [2.75, 3.05) is 28.4 Å². The summed E-state index contributed by atoms with van der Waals surface area (Å²) in [6.07, 6.45) is 1.96. The molecule has 0 atom stereocenters. The molecule has 0 unspecified atom stereocenters. The summed E-state index contributed by atoms with van der Waals surface area (Å²) in [7, 11) is 5.38. The van der Waals surface area contributed by atoms with E-state index in [1.807, 2.05) is 0 Å². The summed E-state index contributed by atoms with van der Waals surface area (Å²) in [6, 6.07) is 0. The molecular weight excluding hydrogens is 386 g/mol. The molecule has 0 aromatic heterocycles. The van der Waals surface area contributed by atoms with E-state index < -0.39 is 17.9 Å². The number of carbonyl (C=O) groups is 5. The van der Waals surface area contributed by atoms with Crippen LogP contribution in [-0.4, -0.2) is 63.3 Å². The molecular formula is C19H29NO9. The molecule has 1 amide bonds. The van der Waals surface area contributed by atoms with E-state index in [0.717, 1.165) is 6.08 Å². The van der Waals surface area contributed by atoms with Crippen molar-refractivity contribution in [3.05, 3.63) is 49.6 Å². The zero-order chi connectivity index (χ0) is 24.0. The number of carboxylic acids is 1. The molecule has 29 heavy (non-hydrogen) atoms. The van der Waals surface area contributed by atoms with Crippen molar-refractivity contribution in [1.82, 2.24) is 5.32 Å². The minimum absolute atomic E-state index is 0.0463. The van der Waals surface area contributed by atoms with Gasteiger partial charge in [-0.15, -0.1) is 0 Å². The maximum Gasteiger partial charge on any atom is 0.333 e. The van der Waals surface area contributed by atoms with E-state index in [1.165, 1.54) is 27.4 Å². The van der Waals surface area contributed by atoms with Gasteiger partial charge in [-0.2, -0.15) is 0 Å². The molecule has 10 nitrogen and oxygen atoms in total. The maximum atomic E-state index is 10.5. The summed E-state index contributed by atoms with van der Waals surface area (Å²) >= 11 is 0. The average Bonchev–Trinajstić information content (AvgIpc) is 2.71. The summed E-state index contributed by atoms with van der Waals surface area (Å²) < 4.78 is 12.6. The highest BCUT2D eigenvalue weighted by atomic mass is 16.5. The minimum atomic E-state index is -1.09. The van der Waals surface area contributed by atoms with Crippen molar-refractivity contribution in [1.29, 1.82) is 0 Å². The van der Waals surface area contributed by atoms with Crippen LogP contribution in [-0.2, 0) is 38.2 Å². The van der Waals surface area contributed by atoms with E-state index in [9.17, 15) is 24.0 Å². The molecule has 0 aliphatic rings. The lowest BCUT2D eigenvalue weighted by atomic mass is 10.2. The van der Waals surface area contributed by atoms with Crippen LogP contribution in [0, 0.1) is 0 Å². The highest BCUT2D eigenvalue weighted by molar-refractivity contribution is 5.92. The Morgan fingerprint density at radius 2 is 1.34 bits per heavy atom. The summed E-state index contributed by atoms with van der Waals surface area (Å²) in [4.78, 5) is 50.4. The van der Waals surface area contributed by atoms with Crippen molar-refractivity contribution >= 4 is 29.8 Å². The number of esters is 3. The molecule has 0 saturated carbocycles. The third-order valence-corrected chi connectivity index (χ3v) is 2.17. The summed E-state index contributed by atoms with van der Waals surface area (Å²) in [5, 5.41) is 10.5. The standard InChI is InChI=1S/C6H8O4.C5H8O2.C4H7NO.C4H6O2/c1-4(3-5(7)8)6(9)10-2;1-4(2)5(6)7-3;1-3-4(6)5-2;1-3-4(5)6-2/h1,3H2,2H3,(H,7,8);1H2,2-3H3;3H,1H2,2H3,(H,5,6);3H,1H2,2H3. The average molecular weight is 415 g/mol. The van der Waals surface area contributed by atoms with Gasteiger partial charge < -0.3 is 24.6 Å². The van der Waals surface area contributed by atoms with E-state index in [2.05, 4.69) is 45.8 Å². The number of rotatable bonds is 6. The summed E-state index contributed by atoms with van der Waals surface area (Å²) in [5.41, 5.74) is 0.387. The van der Waals surface area contributed by atoms with E-state index in [4.69, 9.17) is 5.11 Å². The first-order valence-corrected chi connectivity index (χ1v) is 7.64. The fraction of sp³-hybridized carbons (Fsp3) is 0.316. The van der Waals surface area contributed by atoms with Crippen molar-refractivity contribution < 1.29 is 43.3 Å². The van der Waals surface area contributed by atoms with Crippen LogP contribution in [0.3, 0.4) is 0 Å². The molecule has 0 aliphatic carbocycles. The predicted molar refractivity (Wildman–Crippen MR) is 107 cm³/mol. The lowest BCUT2D eigenvalue weighted by Gasteiger charge is -1.97. The Morgan fingerprint density at radius 1 is 0.897 bits per heavy atom. The summed E-state index contributed by atoms with van der Waals surface area (Å²) in [6.45, 7) is 14.5. The lowest BCUT2D eigenvalue weighted by molar-refractivity contribution is -0.141. The Bertz CT molecular complexity index is 587. The highest BCUT2D eigenvalue weighted by Gasteiger charge is 2.09. The number of carbonyl (C=O) groups excluding carboxylic acids is 4. The third kappa shape index (κ3) is 29.3. The molecule has 0 aliphatic heterocycles. The van der Waals surface area contributed by atoms with Gasteiger partial charge in [0.25, 0.3) is 0 Å². The fourth-order valence-electron chi connectivity index (χ4n) is 0.759. The molecule has 0 heterocycles. The molecule has 0 radical (unpaired) electrons. The SMILES string of the molecule is C=C(C)C(=O)OC.C=C(CC(=O)O)C(=O)OC.C=CC(=O)NC.C=CC(=O)OC. The Morgan fingerprint density at radius 3 is 1.45 bits per heavy atom. The van der Waals surface area contributed by atoms with Gasteiger partial charge in [-0.3, -0.25) is 9.59 Å². The number of aliphatic carboxylic acids is 1. The minimum Gasteiger partial charge on any atom is -0.481 e. The number of hydrogen-bond acceptors (Lipinski definition) is 8. The van der Waals surface area contributed by atoms with Crippen LogP contribution in [0.25, 0.3) is 0 Å². The molecule has 0 saturated heterocycles. The van der Waals surface area contributed by atoms with Crippen LogP contribution in [0.4, 0.5) is 0 Å². The third-order valence-electron chi connectivity index (χ3n) is 2.17. The molecule has 0 spiro atoms. The van der Waals surface area contributed by atoms with Crippen molar-refractivity contribution in [2.45, 2.75) is 13.3 Å². The Balaban J connectivity index is -0.000000148. The smallest absolute Gasteiger partial charge is 0.333 e. The quantitative estimate of drug-likeness (QED) is 0.371. The molecule has 164 valence electrons. The zero-order valence-corrected chi connectivity index (χ0v) is 17.4. The largest absolute Gasteiger partial charge is 0.481 e. The van der Waals surface area contributed by atoms with Gasteiger partial charge >= 0.3 is 23.9 Å². The first-order chi connectivity index (χ1) is 13.4. The monoisotopic (exact) mass is 415 g/mol. The molecule has 2 N–H and O–H groups in total. The molecule has 0 rings (SSSR count).